The van der Waals surface area contributed by atoms with Crippen molar-refractivity contribution in [3.8, 4) is 17.4 Å². The number of thiophene rings is 1. The summed E-state index contributed by atoms with van der Waals surface area (Å²) in [7, 11) is 0. The minimum atomic E-state index is -0.247. The maximum absolute atomic E-state index is 10.3. The molecule has 1 aromatic rings. The number of terminal acetylenes is 1. The topological polar surface area (TPSA) is 26.3 Å². The highest BCUT2D eigenvalue weighted by Crippen LogP contribution is 2.23. The second-order valence-corrected chi connectivity index (χ2v) is 3.28. The van der Waals surface area contributed by atoms with Crippen LogP contribution in [0.3, 0.4) is 0 Å². The predicted molar refractivity (Wildman–Crippen MR) is 48.6 cm³/mol. The van der Waals surface area contributed by atoms with Crippen LogP contribution in [0.5, 0.6) is 5.06 Å². The van der Waals surface area contributed by atoms with Gasteiger partial charge in [0.2, 0.25) is 0 Å². The molecule has 1 atom stereocenters. The molecule has 0 aliphatic rings. The first-order chi connectivity index (χ1) is 5.76. The molecule has 1 unspecified atom stereocenters. The van der Waals surface area contributed by atoms with Gasteiger partial charge in [-0.05, 0) is 19.1 Å². The molecule has 12 heavy (non-hydrogen) atoms. The minimum Gasteiger partial charge on any atom is -0.468 e. The van der Waals surface area contributed by atoms with E-state index in [0.29, 0.717) is 9.94 Å². The SMILES string of the molecule is C#CC(C)Oc1ccc(C=O)s1. The van der Waals surface area contributed by atoms with Crippen molar-refractivity contribution < 1.29 is 9.53 Å². The van der Waals surface area contributed by atoms with Crippen LogP contribution in [0.25, 0.3) is 0 Å². The predicted octanol–water partition coefficient (Wildman–Crippen LogP) is 1.96. The molecule has 1 aromatic heterocycles. The molecule has 0 radical (unpaired) electrons. The molecule has 0 fully saturated rings. The molecule has 0 aliphatic heterocycles. The molecule has 0 amide bonds. The molecule has 0 bridgehead atoms. The zero-order valence-electron chi connectivity index (χ0n) is 6.61. The van der Waals surface area contributed by atoms with Crippen LogP contribution in [-0.2, 0) is 0 Å². The van der Waals surface area contributed by atoms with E-state index in [4.69, 9.17) is 11.2 Å². The molecule has 2 nitrogen and oxygen atoms in total. The van der Waals surface area contributed by atoms with E-state index >= 15 is 0 Å². The summed E-state index contributed by atoms with van der Waals surface area (Å²) in [5.74, 6) is 2.44. The molecule has 0 saturated carbocycles. The van der Waals surface area contributed by atoms with Crippen molar-refractivity contribution in [2.24, 2.45) is 0 Å². The lowest BCUT2D eigenvalue weighted by atomic mass is 10.4. The zero-order chi connectivity index (χ0) is 8.97. The van der Waals surface area contributed by atoms with Gasteiger partial charge in [-0.3, -0.25) is 4.79 Å². The summed E-state index contributed by atoms with van der Waals surface area (Å²) in [4.78, 5) is 10.9. The molecular formula is C9H8O2S. The molecule has 0 saturated heterocycles. The van der Waals surface area contributed by atoms with E-state index < -0.39 is 0 Å². The molecule has 3 heteroatoms. The fraction of sp³-hybridized carbons (Fsp3) is 0.222. The van der Waals surface area contributed by atoms with Gasteiger partial charge in [-0.1, -0.05) is 17.3 Å². The van der Waals surface area contributed by atoms with Crippen LogP contribution in [0.15, 0.2) is 12.1 Å². The Hall–Kier alpha value is -1.27. The Morgan fingerprint density at radius 1 is 1.75 bits per heavy atom. The Bertz CT molecular complexity index is 309. The molecule has 62 valence electrons. The van der Waals surface area contributed by atoms with Crippen LogP contribution >= 0.6 is 11.3 Å². The second kappa shape index (κ2) is 3.93. The summed E-state index contributed by atoms with van der Waals surface area (Å²) < 4.78 is 5.27. The van der Waals surface area contributed by atoms with Gasteiger partial charge in [-0.2, -0.15) is 0 Å². The third-order valence-electron chi connectivity index (χ3n) is 1.25. The van der Waals surface area contributed by atoms with Crippen LogP contribution < -0.4 is 4.74 Å². The van der Waals surface area contributed by atoms with Gasteiger partial charge in [0.25, 0.3) is 0 Å². The summed E-state index contributed by atoms with van der Waals surface area (Å²) in [5.41, 5.74) is 0. The van der Waals surface area contributed by atoms with Crippen LogP contribution in [0.4, 0.5) is 0 Å². The lowest BCUT2D eigenvalue weighted by molar-refractivity contribution is 0.112. The van der Waals surface area contributed by atoms with Gasteiger partial charge >= 0.3 is 0 Å². The van der Waals surface area contributed by atoms with Crippen molar-refractivity contribution >= 4 is 17.6 Å². The molecule has 0 spiro atoms. The lowest BCUT2D eigenvalue weighted by Crippen LogP contribution is -2.06. The first-order valence-corrected chi connectivity index (χ1v) is 4.25. The number of ether oxygens (including phenoxy) is 1. The average Bonchev–Trinajstić information content (AvgIpc) is 2.52. The Morgan fingerprint density at radius 3 is 3.00 bits per heavy atom. The van der Waals surface area contributed by atoms with Crippen molar-refractivity contribution in [3.63, 3.8) is 0 Å². The highest BCUT2D eigenvalue weighted by molar-refractivity contribution is 7.15. The summed E-state index contributed by atoms with van der Waals surface area (Å²) in [6.07, 6.45) is 5.66. The van der Waals surface area contributed by atoms with Crippen molar-refractivity contribution in [1.29, 1.82) is 0 Å². The standard InChI is InChI=1S/C9H8O2S/c1-3-7(2)11-9-5-4-8(6-10)12-9/h1,4-7H,2H3. The fourth-order valence-electron chi connectivity index (χ4n) is 0.669. The molecule has 0 N–H and O–H groups in total. The van der Waals surface area contributed by atoms with Crippen LogP contribution in [0.1, 0.15) is 16.6 Å². The van der Waals surface area contributed by atoms with Gasteiger partial charge in [0.05, 0.1) is 4.88 Å². The molecule has 1 rings (SSSR count). The Morgan fingerprint density at radius 2 is 2.50 bits per heavy atom. The van der Waals surface area contributed by atoms with E-state index in [-0.39, 0.29) is 6.10 Å². The number of carbonyl (C=O) groups is 1. The first-order valence-electron chi connectivity index (χ1n) is 3.44. The van der Waals surface area contributed by atoms with Crippen LogP contribution in [-0.4, -0.2) is 12.4 Å². The van der Waals surface area contributed by atoms with E-state index in [1.165, 1.54) is 11.3 Å². The minimum absolute atomic E-state index is 0.247. The smallest absolute Gasteiger partial charge is 0.176 e. The quantitative estimate of drug-likeness (QED) is 0.525. The third-order valence-corrected chi connectivity index (χ3v) is 2.15. The maximum Gasteiger partial charge on any atom is 0.176 e. The lowest BCUT2D eigenvalue weighted by Gasteiger charge is -2.04. The Balaban J connectivity index is 2.65. The number of aldehydes is 1. The molecule has 1 heterocycles. The van der Waals surface area contributed by atoms with Crippen molar-refractivity contribution in [3.05, 3.63) is 17.0 Å². The Labute approximate surface area is 75.2 Å². The van der Waals surface area contributed by atoms with Gasteiger partial charge < -0.3 is 4.74 Å². The molecule has 0 aliphatic carbocycles. The summed E-state index contributed by atoms with van der Waals surface area (Å²) in [6, 6.07) is 3.44. The Kier molecular flexibility index (Phi) is 2.89. The van der Waals surface area contributed by atoms with Gasteiger partial charge in [0.1, 0.15) is 0 Å². The molecular weight excluding hydrogens is 172 g/mol. The van der Waals surface area contributed by atoms with Crippen molar-refractivity contribution in [2.45, 2.75) is 13.0 Å². The van der Waals surface area contributed by atoms with Gasteiger partial charge in [-0.25, -0.2) is 0 Å². The number of carbonyl (C=O) groups excluding carboxylic acids is 1. The van der Waals surface area contributed by atoms with E-state index in [1.54, 1.807) is 19.1 Å². The van der Waals surface area contributed by atoms with Gasteiger partial charge in [0.15, 0.2) is 17.5 Å². The maximum atomic E-state index is 10.3. The van der Waals surface area contributed by atoms with E-state index in [1.807, 2.05) is 0 Å². The highest BCUT2D eigenvalue weighted by Gasteiger charge is 2.02. The number of hydrogen-bond acceptors (Lipinski definition) is 3. The first kappa shape index (κ1) is 8.82. The summed E-state index contributed by atoms with van der Waals surface area (Å²) in [6.45, 7) is 1.78. The second-order valence-electron chi connectivity index (χ2n) is 2.20. The number of hydrogen-bond donors (Lipinski definition) is 0. The van der Waals surface area contributed by atoms with Gasteiger partial charge in [-0.15, -0.1) is 6.42 Å². The average molecular weight is 180 g/mol. The summed E-state index contributed by atoms with van der Waals surface area (Å²) in [5, 5.41) is 0.683. The van der Waals surface area contributed by atoms with E-state index in [0.717, 1.165) is 6.29 Å². The van der Waals surface area contributed by atoms with E-state index in [9.17, 15) is 4.79 Å². The number of rotatable bonds is 3. The fourth-order valence-corrected chi connectivity index (χ4v) is 1.41. The van der Waals surface area contributed by atoms with Crippen LogP contribution in [0, 0.1) is 12.3 Å². The zero-order valence-corrected chi connectivity index (χ0v) is 7.43. The summed E-state index contributed by atoms with van der Waals surface area (Å²) >= 11 is 1.29. The monoisotopic (exact) mass is 180 g/mol. The van der Waals surface area contributed by atoms with Crippen molar-refractivity contribution in [1.82, 2.24) is 0 Å². The van der Waals surface area contributed by atoms with E-state index in [2.05, 4.69) is 5.92 Å². The third kappa shape index (κ3) is 2.11. The highest BCUT2D eigenvalue weighted by atomic mass is 32.1. The van der Waals surface area contributed by atoms with Gasteiger partial charge in [0, 0.05) is 0 Å². The molecule has 0 aromatic carbocycles. The van der Waals surface area contributed by atoms with Crippen molar-refractivity contribution in [2.75, 3.05) is 0 Å². The van der Waals surface area contributed by atoms with Crippen LogP contribution in [0.2, 0.25) is 0 Å². The largest absolute Gasteiger partial charge is 0.468 e. The normalized spacial score (nSPS) is 11.7.